The number of carbonyl (C=O) groups excluding carboxylic acids is 1. The highest BCUT2D eigenvalue weighted by molar-refractivity contribution is 5.95. The van der Waals surface area contributed by atoms with Gasteiger partial charge in [-0.1, -0.05) is 42.0 Å². The van der Waals surface area contributed by atoms with Gasteiger partial charge in [0.2, 0.25) is 0 Å². The predicted octanol–water partition coefficient (Wildman–Crippen LogP) is 2.13. The molecule has 0 bridgehead atoms. The first-order valence-corrected chi connectivity index (χ1v) is 7.32. The summed E-state index contributed by atoms with van der Waals surface area (Å²) in [6.07, 6.45) is 0.517. The number of nitrogens with zero attached hydrogens (tertiary/aromatic N) is 1. The third kappa shape index (κ3) is 4.57. The fourth-order valence-corrected chi connectivity index (χ4v) is 2.35. The van der Waals surface area contributed by atoms with Crippen LogP contribution in [-0.4, -0.2) is 19.0 Å². The molecule has 5 heteroatoms. The maximum Gasteiger partial charge on any atom is 0.256 e. The fourth-order valence-electron chi connectivity index (χ4n) is 2.35. The molecule has 4 N–H and O–H groups in total. The van der Waals surface area contributed by atoms with Crippen LogP contribution in [0.5, 0.6) is 5.75 Å². The van der Waals surface area contributed by atoms with Crippen LogP contribution in [0.2, 0.25) is 0 Å². The van der Waals surface area contributed by atoms with E-state index >= 15 is 0 Å². The van der Waals surface area contributed by atoms with Crippen LogP contribution in [0.1, 0.15) is 22.6 Å². The lowest BCUT2D eigenvalue weighted by molar-refractivity contribution is -0.119. The summed E-state index contributed by atoms with van der Waals surface area (Å²) < 4.78 is 5.15. The highest BCUT2D eigenvalue weighted by Crippen LogP contribution is 2.24. The third-order valence-corrected chi connectivity index (χ3v) is 3.62. The quantitative estimate of drug-likeness (QED) is 0.653. The summed E-state index contributed by atoms with van der Waals surface area (Å²) in [7, 11) is 1.62. The number of carbonyl (C=O) groups is 1. The van der Waals surface area contributed by atoms with E-state index in [1.807, 2.05) is 55.5 Å². The van der Waals surface area contributed by atoms with Crippen molar-refractivity contribution in [3.05, 3.63) is 65.2 Å². The highest BCUT2D eigenvalue weighted by atomic mass is 16.5. The Bertz CT molecular complexity index is 687. The van der Waals surface area contributed by atoms with Gasteiger partial charge in [-0.2, -0.15) is 4.99 Å². The van der Waals surface area contributed by atoms with Gasteiger partial charge in [-0.05, 0) is 36.6 Å². The van der Waals surface area contributed by atoms with Crippen molar-refractivity contribution in [2.75, 3.05) is 7.11 Å². The molecule has 0 spiro atoms. The van der Waals surface area contributed by atoms with Crippen molar-refractivity contribution < 1.29 is 9.53 Å². The van der Waals surface area contributed by atoms with Crippen LogP contribution in [0.4, 0.5) is 0 Å². The maximum atomic E-state index is 12.4. The monoisotopic (exact) mass is 311 g/mol. The van der Waals surface area contributed by atoms with E-state index in [1.165, 1.54) is 0 Å². The second kappa shape index (κ2) is 7.45. The molecule has 2 rings (SSSR count). The van der Waals surface area contributed by atoms with Gasteiger partial charge in [0.1, 0.15) is 5.75 Å². The molecule has 1 unspecified atom stereocenters. The molecule has 120 valence electrons. The minimum Gasteiger partial charge on any atom is -0.497 e. The normalized spacial score (nSPS) is 11.6. The first kappa shape index (κ1) is 16.5. The van der Waals surface area contributed by atoms with E-state index in [-0.39, 0.29) is 11.9 Å². The van der Waals surface area contributed by atoms with Crippen molar-refractivity contribution in [2.24, 2.45) is 16.5 Å². The molecule has 2 aromatic carbocycles. The lowest BCUT2D eigenvalue weighted by Crippen LogP contribution is -2.26. The number of aryl methyl sites for hydroxylation is 1. The molecule has 0 saturated heterocycles. The SMILES string of the molecule is COc1ccc(CC(C(=O)N=C(N)N)c2ccc(C)cc2)cc1. The lowest BCUT2D eigenvalue weighted by Gasteiger charge is -2.15. The molecule has 0 saturated carbocycles. The number of guanidine groups is 1. The van der Waals surface area contributed by atoms with Gasteiger partial charge >= 0.3 is 0 Å². The van der Waals surface area contributed by atoms with Gasteiger partial charge in [0.15, 0.2) is 5.96 Å². The van der Waals surface area contributed by atoms with Gasteiger partial charge in [-0.15, -0.1) is 0 Å². The number of ether oxygens (including phenoxy) is 1. The van der Waals surface area contributed by atoms with E-state index in [9.17, 15) is 4.79 Å². The van der Waals surface area contributed by atoms with Crippen LogP contribution in [0.3, 0.4) is 0 Å². The van der Waals surface area contributed by atoms with Crippen LogP contribution in [-0.2, 0) is 11.2 Å². The summed E-state index contributed by atoms with van der Waals surface area (Å²) in [6, 6.07) is 15.4. The van der Waals surface area contributed by atoms with Crippen molar-refractivity contribution in [1.29, 1.82) is 0 Å². The molecule has 0 aliphatic heterocycles. The zero-order valence-corrected chi connectivity index (χ0v) is 13.3. The van der Waals surface area contributed by atoms with Crippen LogP contribution in [0, 0.1) is 6.92 Å². The van der Waals surface area contributed by atoms with Crippen molar-refractivity contribution in [1.82, 2.24) is 0 Å². The van der Waals surface area contributed by atoms with Gasteiger partial charge < -0.3 is 16.2 Å². The van der Waals surface area contributed by atoms with Crippen molar-refractivity contribution in [2.45, 2.75) is 19.3 Å². The molecule has 0 aliphatic carbocycles. The summed E-state index contributed by atoms with van der Waals surface area (Å²) >= 11 is 0. The first-order chi connectivity index (χ1) is 11.0. The smallest absolute Gasteiger partial charge is 0.256 e. The molecule has 5 nitrogen and oxygen atoms in total. The van der Waals surface area contributed by atoms with E-state index in [0.29, 0.717) is 6.42 Å². The average molecular weight is 311 g/mol. The summed E-state index contributed by atoms with van der Waals surface area (Å²) in [5.41, 5.74) is 13.7. The molecule has 1 atom stereocenters. The number of hydrogen-bond donors (Lipinski definition) is 2. The van der Waals surface area contributed by atoms with Gasteiger partial charge in [0.05, 0.1) is 13.0 Å². The minimum atomic E-state index is -0.425. The van der Waals surface area contributed by atoms with E-state index in [1.54, 1.807) is 7.11 Å². The second-order valence-electron chi connectivity index (χ2n) is 5.39. The van der Waals surface area contributed by atoms with Crippen LogP contribution >= 0.6 is 0 Å². The van der Waals surface area contributed by atoms with Gasteiger partial charge in [0.25, 0.3) is 5.91 Å². The lowest BCUT2D eigenvalue weighted by atomic mass is 9.91. The predicted molar refractivity (Wildman–Crippen MR) is 91.4 cm³/mol. The van der Waals surface area contributed by atoms with Crippen molar-refractivity contribution in [3.8, 4) is 5.75 Å². The molecular formula is C18H21N3O2. The summed E-state index contributed by atoms with van der Waals surface area (Å²) in [5, 5.41) is 0. The zero-order valence-electron chi connectivity index (χ0n) is 13.3. The molecule has 23 heavy (non-hydrogen) atoms. The number of aliphatic imine (C=N–C) groups is 1. The second-order valence-corrected chi connectivity index (χ2v) is 5.39. The molecule has 1 amide bonds. The zero-order chi connectivity index (χ0) is 16.8. The Labute approximate surface area is 136 Å². The van der Waals surface area contributed by atoms with E-state index in [2.05, 4.69) is 4.99 Å². The number of nitrogens with two attached hydrogens (primary N) is 2. The Hall–Kier alpha value is -2.82. The molecule has 0 radical (unpaired) electrons. The Morgan fingerprint density at radius 1 is 1.09 bits per heavy atom. The van der Waals surface area contributed by atoms with Crippen LogP contribution in [0.25, 0.3) is 0 Å². The Morgan fingerprint density at radius 3 is 2.22 bits per heavy atom. The number of methoxy groups -OCH3 is 1. The number of hydrogen-bond acceptors (Lipinski definition) is 2. The van der Waals surface area contributed by atoms with E-state index in [0.717, 1.165) is 22.4 Å². The standard InChI is InChI=1S/C18H21N3O2/c1-12-3-7-14(8-4-12)16(17(22)21-18(19)20)11-13-5-9-15(23-2)10-6-13/h3-10,16H,11H2,1-2H3,(H4,19,20,21,22). The number of benzene rings is 2. The minimum absolute atomic E-state index is 0.221. The van der Waals surface area contributed by atoms with Crippen LogP contribution in [0.15, 0.2) is 53.5 Å². The van der Waals surface area contributed by atoms with E-state index < -0.39 is 5.92 Å². The largest absolute Gasteiger partial charge is 0.497 e. The van der Waals surface area contributed by atoms with Crippen molar-refractivity contribution in [3.63, 3.8) is 0 Å². The number of amides is 1. The Morgan fingerprint density at radius 2 is 1.70 bits per heavy atom. The van der Waals surface area contributed by atoms with Gasteiger partial charge in [-0.3, -0.25) is 4.79 Å². The summed E-state index contributed by atoms with van der Waals surface area (Å²) in [4.78, 5) is 16.1. The molecule has 0 fully saturated rings. The molecular weight excluding hydrogens is 290 g/mol. The topological polar surface area (TPSA) is 90.7 Å². The molecule has 0 aliphatic rings. The summed E-state index contributed by atoms with van der Waals surface area (Å²) in [6.45, 7) is 2.00. The third-order valence-electron chi connectivity index (χ3n) is 3.62. The maximum absolute atomic E-state index is 12.4. The Balaban J connectivity index is 2.30. The van der Waals surface area contributed by atoms with Crippen LogP contribution < -0.4 is 16.2 Å². The fraction of sp³-hybridized carbons (Fsp3) is 0.222. The molecule has 0 heterocycles. The summed E-state index contributed by atoms with van der Waals surface area (Å²) in [5.74, 6) is -0.214. The average Bonchev–Trinajstić information content (AvgIpc) is 2.53. The molecule has 2 aromatic rings. The highest BCUT2D eigenvalue weighted by Gasteiger charge is 2.21. The van der Waals surface area contributed by atoms with Gasteiger partial charge in [-0.25, -0.2) is 0 Å². The number of rotatable bonds is 5. The van der Waals surface area contributed by atoms with E-state index in [4.69, 9.17) is 16.2 Å². The molecule has 0 aromatic heterocycles. The first-order valence-electron chi connectivity index (χ1n) is 7.32. The Kier molecular flexibility index (Phi) is 5.36. The van der Waals surface area contributed by atoms with Crippen molar-refractivity contribution >= 4 is 11.9 Å². The van der Waals surface area contributed by atoms with Gasteiger partial charge in [0, 0.05) is 0 Å².